The van der Waals surface area contributed by atoms with E-state index in [4.69, 9.17) is 14.2 Å². The number of nitrogens with zero attached hydrogens (tertiary/aromatic N) is 2. The second-order valence-corrected chi connectivity index (χ2v) is 8.28. The Balaban J connectivity index is 1.54. The van der Waals surface area contributed by atoms with E-state index in [1.54, 1.807) is 0 Å². The van der Waals surface area contributed by atoms with E-state index in [0.717, 1.165) is 35.4 Å². The van der Waals surface area contributed by atoms with E-state index in [-0.39, 0.29) is 18.6 Å². The molecule has 1 amide bonds. The molecule has 2 unspecified atom stereocenters. The Morgan fingerprint density at radius 1 is 1.12 bits per heavy atom. The Bertz CT molecular complexity index is 998. The summed E-state index contributed by atoms with van der Waals surface area (Å²) >= 11 is 0. The van der Waals surface area contributed by atoms with Crippen molar-refractivity contribution in [3.8, 4) is 11.8 Å². The summed E-state index contributed by atoms with van der Waals surface area (Å²) in [6.07, 6.45) is 2.95. The van der Waals surface area contributed by atoms with Crippen molar-refractivity contribution in [3.05, 3.63) is 53.6 Å². The molecule has 7 heteroatoms. The third-order valence-corrected chi connectivity index (χ3v) is 6.31. The number of fused-ring (bicyclic) bond motifs is 1. The van der Waals surface area contributed by atoms with Crippen LogP contribution < -0.4 is 15.0 Å². The lowest BCUT2D eigenvalue weighted by atomic mass is 9.87. The van der Waals surface area contributed by atoms with Gasteiger partial charge in [-0.1, -0.05) is 18.2 Å². The summed E-state index contributed by atoms with van der Waals surface area (Å²) in [6, 6.07) is 16.7. The molecule has 1 saturated carbocycles. The van der Waals surface area contributed by atoms with Gasteiger partial charge in [-0.15, -0.1) is 0 Å². The van der Waals surface area contributed by atoms with Gasteiger partial charge in [0.1, 0.15) is 12.4 Å². The van der Waals surface area contributed by atoms with Gasteiger partial charge in [0.2, 0.25) is 0 Å². The lowest BCUT2D eigenvalue weighted by molar-refractivity contribution is 0.0850. The van der Waals surface area contributed by atoms with Crippen molar-refractivity contribution < 1.29 is 19.0 Å². The first kappa shape index (κ1) is 22.9. The number of carbonyl (C=O) groups is 1. The maximum Gasteiger partial charge on any atom is 0.411 e. The van der Waals surface area contributed by atoms with Crippen LogP contribution in [0.1, 0.15) is 56.2 Å². The van der Waals surface area contributed by atoms with Gasteiger partial charge in [-0.3, -0.25) is 5.32 Å². The average molecular weight is 450 g/mol. The van der Waals surface area contributed by atoms with Crippen LogP contribution in [0.3, 0.4) is 0 Å². The molecule has 0 aromatic heterocycles. The molecule has 1 fully saturated rings. The van der Waals surface area contributed by atoms with Crippen LogP contribution in [0, 0.1) is 11.3 Å². The first-order valence-electron chi connectivity index (χ1n) is 11.7. The molecule has 0 saturated heterocycles. The zero-order valence-electron chi connectivity index (χ0n) is 19.3. The maximum atomic E-state index is 12.0. The molecule has 1 aliphatic heterocycles. The van der Waals surface area contributed by atoms with E-state index < -0.39 is 6.09 Å². The molecule has 4 rings (SSSR count). The number of ether oxygens (including phenoxy) is 3. The summed E-state index contributed by atoms with van der Waals surface area (Å²) in [5.74, 6) is 0.568. The van der Waals surface area contributed by atoms with Gasteiger partial charge in [0.15, 0.2) is 0 Å². The Labute approximate surface area is 195 Å². The number of hydrogen-bond acceptors (Lipinski definition) is 6. The van der Waals surface area contributed by atoms with Crippen LogP contribution in [-0.4, -0.2) is 38.6 Å². The fourth-order valence-corrected chi connectivity index (χ4v) is 4.58. The first-order chi connectivity index (χ1) is 16.2. The lowest BCUT2D eigenvalue weighted by Crippen LogP contribution is -2.41. The summed E-state index contributed by atoms with van der Waals surface area (Å²) < 4.78 is 16.0. The molecule has 2 aromatic carbocycles. The number of nitrogens with one attached hydrogen (secondary N) is 1. The molecule has 0 radical (unpaired) electrons. The zero-order valence-corrected chi connectivity index (χ0v) is 19.3. The van der Waals surface area contributed by atoms with E-state index in [0.29, 0.717) is 31.5 Å². The lowest BCUT2D eigenvalue weighted by Gasteiger charge is -2.41. The van der Waals surface area contributed by atoms with Crippen molar-refractivity contribution in [1.29, 1.82) is 5.26 Å². The highest BCUT2D eigenvalue weighted by Crippen LogP contribution is 2.53. The number of nitriles is 1. The Morgan fingerprint density at radius 3 is 2.55 bits per heavy atom. The van der Waals surface area contributed by atoms with E-state index >= 15 is 0 Å². The molecule has 1 aliphatic carbocycles. The minimum absolute atomic E-state index is 0.0700. The van der Waals surface area contributed by atoms with Crippen molar-refractivity contribution in [3.63, 3.8) is 0 Å². The molecule has 1 heterocycles. The molecular formula is C26H31N3O4. The van der Waals surface area contributed by atoms with E-state index in [1.165, 1.54) is 6.42 Å². The topological polar surface area (TPSA) is 83.8 Å². The van der Waals surface area contributed by atoms with Gasteiger partial charge < -0.3 is 19.1 Å². The average Bonchev–Trinajstić information content (AvgIpc) is 3.10. The number of amides is 1. The highest BCUT2D eigenvalue weighted by molar-refractivity contribution is 5.84. The largest absolute Gasteiger partial charge is 0.494 e. The normalized spacial score (nSPS) is 19.4. The Hall–Kier alpha value is -3.24. The van der Waals surface area contributed by atoms with Gasteiger partial charge in [-0.25, -0.2) is 4.79 Å². The third kappa shape index (κ3) is 4.91. The molecule has 2 atom stereocenters. The molecule has 2 aliphatic rings. The minimum Gasteiger partial charge on any atom is -0.494 e. The van der Waals surface area contributed by atoms with Crippen LogP contribution in [0.15, 0.2) is 42.5 Å². The van der Waals surface area contributed by atoms with Gasteiger partial charge in [0.05, 0.1) is 31.2 Å². The summed E-state index contributed by atoms with van der Waals surface area (Å²) in [5.41, 5.74) is 3.86. The predicted octanol–water partition coefficient (Wildman–Crippen LogP) is 5.39. The molecule has 0 bridgehead atoms. The van der Waals surface area contributed by atoms with Crippen molar-refractivity contribution >= 4 is 17.5 Å². The number of benzene rings is 2. The maximum absolute atomic E-state index is 12.0. The second-order valence-electron chi connectivity index (χ2n) is 8.28. The zero-order chi connectivity index (χ0) is 23.2. The molecule has 33 heavy (non-hydrogen) atoms. The van der Waals surface area contributed by atoms with Crippen LogP contribution in [0.4, 0.5) is 16.2 Å². The molecule has 7 nitrogen and oxygen atoms in total. The van der Waals surface area contributed by atoms with Gasteiger partial charge in [0, 0.05) is 30.1 Å². The van der Waals surface area contributed by atoms with Gasteiger partial charge in [0.25, 0.3) is 0 Å². The third-order valence-electron chi connectivity index (χ3n) is 6.31. The van der Waals surface area contributed by atoms with Gasteiger partial charge in [-0.2, -0.15) is 5.26 Å². The highest BCUT2D eigenvalue weighted by atomic mass is 16.6. The SMILES string of the molecule is CCOCCOC(=O)Nc1ccc(C2C(C#N)c3ccc(OCC)cc3N2C2CCC2)cc1. The summed E-state index contributed by atoms with van der Waals surface area (Å²) in [7, 11) is 0. The summed E-state index contributed by atoms with van der Waals surface area (Å²) in [4.78, 5) is 14.4. The molecular weight excluding hydrogens is 418 g/mol. The van der Waals surface area contributed by atoms with Crippen molar-refractivity contribution in [2.45, 2.75) is 51.1 Å². The molecule has 1 N–H and O–H groups in total. The standard InChI is InChI=1S/C26H31N3O4/c1-3-31-14-15-33-26(30)28-19-10-8-18(9-11-19)25-23(17-27)22-13-12-21(32-4-2)16-24(22)29(25)20-6-5-7-20/h8-13,16,20,23,25H,3-7,14-15H2,1-2H3,(H,28,30). The molecule has 174 valence electrons. The number of rotatable bonds is 9. The smallest absolute Gasteiger partial charge is 0.411 e. The van der Waals surface area contributed by atoms with E-state index in [9.17, 15) is 10.1 Å². The van der Waals surface area contributed by atoms with E-state index in [1.807, 2.05) is 50.2 Å². The number of hydrogen-bond donors (Lipinski definition) is 1. The van der Waals surface area contributed by atoms with Crippen molar-refractivity contribution in [2.75, 3.05) is 36.6 Å². The Morgan fingerprint density at radius 2 is 1.91 bits per heavy atom. The van der Waals surface area contributed by atoms with E-state index in [2.05, 4.69) is 22.4 Å². The predicted molar refractivity (Wildman–Crippen MR) is 127 cm³/mol. The first-order valence-corrected chi connectivity index (χ1v) is 11.7. The monoisotopic (exact) mass is 449 g/mol. The van der Waals surface area contributed by atoms with Crippen molar-refractivity contribution in [1.82, 2.24) is 0 Å². The Kier molecular flexibility index (Phi) is 7.36. The number of carbonyl (C=O) groups excluding carboxylic acids is 1. The summed E-state index contributed by atoms with van der Waals surface area (Å²) in [6.45, 7) is 5.65. The van der Waals surface area contributed by atoms with Crippen molar-refractivity contribution in [2.24, 2.45) is 0 Å². The number of anilines is 2. The van der Waals surface area contributed by atoms with Gasteiger partial charge >= 0.3 is 6.09 Å². The van der Waals surface area contributed by atoms with Crippen LogP contribution in [-0.2, 0) is 9.47 Å². The van der Waals surface area contributed by atoms with Crippen LogP contribution >= 0.6 is 0 Å². The van der Waals surface area contributed by atoms with Crippen LogP contribution in [0.2, 0.25) is 0 Å². The second kappa shape index (κ2) is 10.6. The summed E-state index contributed by atoms with van der Waals surface area (Å²) in [5, 5.41) is 12.9. The molecule has 2 aromatic rings. The fourth-order valence-electron chi connectivity index (χ4n) is 4.58. The minimum atomic E-state index is -0.509. The quantitative estimate of drug-likeness (QED) is 0.517. The van der Waals surface area contributed by atoms with Crippen LogP contribution in [0.25, 0.3) is 0 Å². The molecule has 0 spiro atoms. The van der Waals surface area contributed by atoms with Crippen LogP contribution in [0.5, 0.6) is 5.75 Å². The van der Waals surface area contributed by atoms with Gasteiger partial charge in [-0.05, 0) is 62.4 Å². The fraction of sp³-hybridized carbons (Fsp3) is 0.462. The highest BCUT2D eigenvalue weighted by Gasteiger charge is 2.44.